The van der Waals surface area contributed by atoms with Gasteiger partial charge in [0.2, 0.25) is 12.5 Å². The minimum Gasteiger partial charge on any atom is -0.492 e. The van der Waals surface area contributed by atoms with Crippen LogP contribution in [0.15, 0.2) is 72.8 Å². The van der Waals surface area contributed by atoms with Gasteiger partial charge in [-0.05, 0) is 12.1 Å². The number of carbonyl (C=O) groups is 1. The van der Waals surface area contributed by atoms with Gasteiger partial charge < -0.3 is 23.7 Å². The molecule has 0 atom stereocenters. The van der Waals surface area contributed by atoms with Crippen LogP contribution in [-0.4, -0.2) is 38.0 Å². The van der Waals surface area contributed by atoms with E-state index >= 15 is 0 Å². The summed E-state index contributed by atoms with van der Waals surface area (Å²) in [6, 6.07) is 21.9. The first-order chi connectivity index (χ1) is 14.5. The lowest BCUT2D eigenvalue weighted by Gasteiger charge is -2.26. The van der Waals surface area contributed by atoms with E-state index in [4.69, 9.17) is 14.2 Å². The van der Waals surface area contributed by atoms with Crippen molar-refractivity contribution in [1.29, 1.82) is 0 Å². The van der Waals surface area contributed by atoms with Crippen LogP contribution in [-0.2, 0) is 4.57 Å². The highest BCUT2D eigenvalue weighted by Gasteiger charge is 2.32. The second-order valence-corrected chi connectivity index (χ2v) is 9.73. The number of fused-ring (bicyclic) bond motifs is 1. The highest BCUT2D eigenvalue weighted by atomic mass is 31.2. The maximum atomic E-state index is 14.2. The van der Waals surface area contributed by atoms with Crippen molar-refractivity contribution in [3.8, 4) is 17.2 Å². The molecular weight excluding hydrogens is 401 g/mol. The third-order valence-electron chi connectivity index (χ3n) is 5.03. The summed E-state index contributed by atoms with van der Waals surface area (Å²) in [5.41, 5.74) is 0.330. The molecule has 0 saturated carbocycles. The lowest BCUT2D eigenvalue weighted by molar-refractivity contribution is 0.0813. The highest BCUT2D eigenvalue weighted by Crippen LogP contribution is 2.46. The van der Waals surface area contributed by atoms with E-state index in [0.717, 1.165) is 0 Å². The van der Waals surface area contributed by atoms with E-state index in [-0.39, 0.29) is 19.0 Å². The summed E-state index contributed by atoms with van der Waals surface area (Å²) < 4.78 is 30.5. The van der Waals surface area contributed by atoms with Crippen LogP contribution in [0.4, 0.5) is 0 Å². The number of rotatable bonds is 6. The Morgan fingerprint density at radius 2 is 1.57 bits per heavy atom. The molecule has 0 saturated heterocycles. The van der Waals surface area contributed by atoms with Crippen molar-refractivity contribution in [2.45, 2.75) is 0 Å². The summed E-state index contributed by atoms with van der Waals surface area (Å²) in [7, 11) is 0.0371. The molecule has 30 heavy (non-hydrogen) atoms. The zero-order valence-electron chi connectivity index (χ0n) is 16.8. The van der Waals surface area contributed by atoms with E-state index in [1.807, 2.05) is 60.7 Å². The van der Waals surface area contributed by atoms with Crippen molar-refractivity contribution in [1.82, 2.24) is 4.90 Å². The number of hydrogen-bond acceptors (Lipinski definition) is 5. The molecule has 1 heterocycles. The fourth-order valence-electron chi connectivity index (χ4n) is 3.54. The van der Waals surface area contributed by atoms with E-state index in [9.17, 15) is 9.36 Å². The Labute approximate surface area is 175 Å². The summed E-state index contributed by atoms with van der Waals surface area (Å²) in [6.45, 7) is 0.0798. The van der Waals surface area contributed by atoms with Crippen LogP contribution in [0.3, 0.4) is 0 Å². The molecule has 0 aromatic heterocycles. The first kappa shape index (κ1) is 20.0. The lowest BCUT2D eigenvalue weighted by atomic mass is 10.1. The Balaban J connectivity index is 1.70. The van der Waals surface area contributed by atoms with E-state index in [2.05, 4.69) is 0 Å². The molecule has 0 bridgehead atoms. The molecule has 1 amide bonds. The molecule has 3 aromatic carbocycles. The van der Waals surface area contributed by atoms with Gasteiger partial charge in [0.1, 0.15) is 0 Å². The number of nitrogens with zero attached hydrogens (tertiary/aromatic N) is 1. The number of carbonyl (C=O) groups excluding carboxylic acids is 1. The van der Waals surface area contributed by atoms with Gasteiger partial charge in [-0.1, -0.05) is 60.7 Å². The average Bonchev–Trinajstić information content (AvgIpc) is 3.28. The Morgan fingerprint density at radius 3 is 2.13 bits per heavy atom. The van der Waals surface area contributed by atoms with E-state index < -0.39 is 7.14 Å². The van der Waals surface area contributed by atoms with Gasteiger partial charge in [0.25, 0.3) is 5.91 Å². The summed E-state index contributed by atoms with van der Waals surface area (Å²) in [5.74, 6) is 0.949. The molecular formula is C23H22NO5P. The van der Waals surface area contributed by atoms with Crippen molar-refractivity contribution in [2.24, 2.45) is 0 Å². The molecule has 0 fully saturated rings. The van der Waals surface area contributed by atoms with Crippen LogP contribution in [0.2, 0.25) is 0 Å². The largest absolute Gasteiger partial charge is 0.492 e. The molecule has 1 aliphatic rings. The number of ether oxygens (including phenoxy) is 3. The van der Waals surface area contributed by atoms with Crippen LogP contribution >= 0.6 is 7.14 Å². The van der Waals surface area contributed by atoms with Crippen molar-refractivity contribution < 1.29 is 23.6 Å². The first-order valence-electron chi connectivity index (χ1n) is 9.47. The highest BCUT2D eigenvalue weighted by molar-refractivity contribution is 7.78. The molecule has 0 spiro atoms. The maximum Gasteiger partial charge on any atom is 0.257 e. The van der Waals surface area contributed by atoms with Crippen LogP contribution in [0.25, 0.3) is 0 Å². The van der Waals surface area contributed by atoms with Crippen LogP contribution in [0, 0.1) is 0 Å². The first-order valence-corrected chi connectivity index (χ1v) is 11.4. The normalized spacial score (nSPS) is 12.5. The third-order valence-corrected chi connectivity index (χ3v) is 8.12. The summed E-state index contributed by atoms with van der Waals surface area (Å²) in [6.07, 6.45) is 0.0530. The van der Waals surface area contributed by atoms with Crippen molar-refractivity contribution in [3.63, 3.8) is 0 Å². The smallest absolute Gasteiger partial charge is 0.257 e. The molecule has 7 heteroatoms. The van der Waals surface area contributed by atoms with Crippen molar-refractivity contribution in [2.75, 3.05) is 27.2 Å². The standard InChI is InChI=1S/C23H22NO5P/c1-24(23(25)19-13-14-20-22(21(19)27-2)29-16-28-20)15-30(26,17-9-5-3-6-10-17)18-11-7-4-8-12-18/h3-14H,15-16H2,1-2H3. The van der Waals surface area contributed by atoms with Crippen molar-refractivity contribution in [3.05, 3.63) is 78.4 Å². The van der Waals surface area contributed by atoms with Crippen molar-refractivity contribution >= 4 is 23.7 Å². The molecule has 4 rings (SSSR count). The third kappa shape index (κ3) is 3.55. The predicted octanol–water partition coefficient (Wildman–Crippen LogP) is 3.47. The van der Waals surface area contributed by atoms with Gasteiger partial charge in [-0.3, -0.25) is 4.79 Å². The number of amides is 1. The molecule has 3 aromatic rings. The van der Waals surface area contributed by atoms with Crippen LogP contribution in [0.5, 0.6) is 17.2 Å². The molecule has 0 N–H and O–H groups in total. The fourth-order valence-corrected chi connectivity index (χ4v) is 6.19. The summed E-state index contributed by atoms with van der Waals surface area (Å²) >= 11 is 0. The minimum absolute atomic E-state index is 0.0530. The van der Waals surface area contributed by atoms with Gasteiger partial charge >= 0.3 is 0 Å². The van der Waals surface area contributed by atoms with Gasteiger partial charge in [0, 0.05) is 17.7 Å². The van der Waals surface area contributed by atoms with Gasteiger partial charge in [0.05, 0.1) is 19.0 Å². The Morgan fingerprint density at radius 1 is 0.967 bits per heavy atom. The van der Waals surface area contributed by atoms with Crippen LogP contribution in [0.1, 0.15) is 10.4 Å². The fraction of sp³-hybridized carbons (Fsp3) is 0.174. The zero-order chi connectivity index (χ0) is 21.1. The quantitative estimate of drug-likeness (QED) is 0.568. The Kier molecular flexibility index (Phi) is 5.51. The van der Waals surface area contributed by atoms with Gasteiger partial charge in [-0.25, -0.2) is 0 Å². The summed E-state index contributed by atoms with van der Waals surface area (Å²) in [5, 5.41) is 1.40. The topological polar surface area (TPSA) is 65.1 Å². The molecule has 0 aliphatic carbocycles. The minimum atomic E-state index is -3.09. The predicted molar refractivity (Wildman–Crippen MR) is 116 cm³/mol. The van der Waals surface area contributed by atoms with Gasteiger partial charge in [-0.15, -0.1) is 0 Å². The molecule has 0 unspecified atom stereocenters. The zero-order valence-corrected chi connectivity index (χ0v) is 17.7. The monoisotopic (exact) mass is 423 g/mol. The van der Waals surface area contributed by atoms with Crippen LogP contribution < -0.4 is 24.8 Å². The van der Waals surface area contributed by atoms with Gasteiger partial charge in [0.15, 0.2) is 18.6 Å². The molecule has 6 nitrogen and oxygen atoms in total. The Hall–Kier alpha value is -3.24. The Bertz CT molecular complexity index is 1060. The molecule has 154 valence electrons. The SMILES string of the molecule is COc1c(C(=O)N(C)CP(=O)(c2ccccc2)c2ccccc2)ccc2c1OCO2. The van der Waals surface area contributed by atoms with E-state index in [0.29, 0.717) is 33.4 Å². The maximum absolute atomic E-state index is 14.2. The second-order valence-electron chi connectivity index (χ2n) is 6.94. The number of hydrogen-bond donors (Lipinski definition) is 0. The second kappa shape index (κ2) is 8.25. The average molecular weight is 423 g/mol. The molecule has 1 aliphatic heterocycles. The van der Waals surface area contributed by atoms with Gasteiger partial charge in [-0.2, -0.15) is 0 Å². The van der Waals surface area contributed by atoms with E-state index in [1.54, 1.807) is 19.2 Å². The number of benzene rings is 3. The molecule has 0 radical (unpaired) electrons. The summed E-state index contributed by atoms with van der Waals surface area (Å²) in [4.78, 5) is 14.8. The number of methoxy groups -OCH3 is 1. The lowest BCUT2D eigenvalue weighted by Crippen LogP contribution is -2.33. The van der Waals surface area contributed by atoms with E-state index in [1.165, 1.54) is 12.0 Å².